The minimum absolute atomic E-state index is 0.109. The van der Waals surface area contributed by atoms with Crippen LogP contribution in [0.25, 0.3) is 0 Å². The molecule has 0 spiro atoms. The molecular weight excluding hydrogens is 264 g/mol. The lowest BCUT2D eigenvalue weighted by atomic mass is 10.1. The predicted molar refractivity (Wildman–Crippen MR) is 76.3 cm³/mol. The van der Waals surface area contributed by atoms with Crippen molar-refractivity contribution in [2.75, 3.05) is 32.9 Å². The Balaban J connectivity index is 2.08. The Morgan fingerprint density at radius 2 is 2.42 bits per heavy atom. The summed E-state index contributed by atoms with van der Waals surface area (Å²) in [5, 5.41) is 0.281. The van der Waals surface area contributed by atoms with Crippen LogP contribution in [-0.2, 0) is 0 Å². The van der Waals surface area contributed by atoms with E-state index in [1.54, 1.807) is 11.9 Å². The smallest absolute Gasteiger partial charge is 0.255 e. The van der Waals surface area contributed by atoms with Gasteiger partial charge in [-0.05, 0) is 32.5 Å². The summed E-state index contributed by atoms with van der Waals surface area (Å²) in [6.45, 7) is 1.80. The van der Waals surface area contributed by atoms with Crippen molar-refractivity contribution in [1.82, 2.24) is 14.8 Å². The van der Waals surface area contributed by atoms with E-state index < -0.39 is 0 Å². The zero-order valence-electron chi connectivity index (χ0n) is 11.3. The Hall–Kier alpha value is -1.33. The van der Waals surface area contributed by atoms with E-state index in [1.807, 2.05) is 0 Å². The van der Waals surface area contributed by atoms with E-state index in [0.717, 1.165) is 13.0 Å². The first-order chi connectivity index (χ1) is 8.99. The zero-order chi connectivity index (χ0) is 14.0. The lowest BCUT2D eigenvalue weighted by Gasteiger charge is -2.26. The maximum Gasteiger partial charge on any atom is 0.255 e. The molecule has 1 aromatic rings. The number of nitrogen functional groups attached to an aromatic ring is 1. The predicted octanol–water partition coefficient (Wildman–Crippen LogP) is 1.48. The second kappa shape index (κ2) is 5.75. The summed E-state index contributed by atoms with van der Waals surface area (Å²) >= 11 is 5.81. The summed E-state index contributed by atoms with van der Waals surface area (Å²) in [7, 11) is 3.88. The third-order valence-electron chi connectivity index (χ3n) is 3.63. The second-order valence-corrected chi connectivity index (χ2v) is 5.44. The highest BCUT2D eigenvalue weighted by Gasteiger charge is 2.25. The number of likely N-dealkylation sites (tertiary alicyclic amines) is 1. The lowest BCUT2D eigenvalue weighted by molar-refractivity contribution is 0.0762. The highest BCUT2D eigenvalue weighted by Crippen LogP contribution is 2.19. The summed E-state index contributed by atoms with van der Waals surface area (Å²) in [5.41, 5.74) is 6.57. The van der Waals surface area contributed by atoms with Gasteiger partial charge in [-0.2, -0.15) is 0 Å². The summed E-state index contributed by atoms with van der Waals surface area (Å²) in [6.07, 6.45) is 3.73. The third kappa shape index (κ3) is 3.16. The van der Waals surface area contributed by atoms with Gasteiger partial charge in [0, 0.05) is 19.6 Å². The molecule has 19 heavy (non-hydrogen) atoms. The van der Waals surface area contributed by atoms with Crippen LogP contribution < -0.4 is 5.73 Å². The molecule has 104 valence electrons. The van der Waals surface area contributed by atoms with Crippen LogP contribution in [0.3, 0.4) is 0 Å². The normalized spacial score (nSPS) is 19.6. The van der Waals surface area contributed by atoms with Crippen LogP contribution >= 0.6 is 11.6 Å². The Morgan fingerprint density at radius 3 is 3.05 bits per heavy atom. The Labute approximate surface area is 118 Å². The minimum Gasteiger partial charge on any atom is -0.397 e. The molecule has 5 nitrogen and oxygen atoms in total. The number of halogens is 1. The molecule has 1 unspecified atom stereocenters. The monoisotopic (exact) mass is 282 g/mol. The molecule has 1 atom stereocenters. The highest BCUT2D eigenvalue weighted by molar-refractivity contribution is 6.29. The van der Waals surface area contributed by atoms with Gasteiger partial charge in [0.05, 0.1) is 17.4 Å². The van der Waals surface area contributed by atoms with Crippen LogP contribution in [0, 0.1) is 0 Å². The van der Waals surface area contributed by atoms with Gasteiger partial charge in [0.15, 0.2) is 0 Å². The van der Waals surface area contributed by atoms with E-state index in [0.29, 0.717) is 23.8 Å². The summed E-state index contributed by atoms with van der Waals surface area (Å²) in [4.78, 5) is 20.2. The Bertz CT molecular complexity index is 480. The van der Waals surface area contributed by atoms with Gasteiger partial charge in [-0.3, -0.25) is 4.79 Å². The van der Waals surface area contributed by atoms with Crippen LogP contribution in [0.4, 0.5) is 5.69 Å². The molecule has 1 amide bonds. The number of hydrogen-bond acceptors (Lipinski definition) is 4. The first-order valence-corrected chi connectivity index (χ1v) is 6.73. The third-order valence-corrected chi connectivity index (χ3v) is 3.84. The standard InChI is InChI=1S/C13H19ClN4O/c1-17-5-3-4-9(17)8-18(2)13(19)10-6-12(14)16-7-11(10)15/h6-7,9H,3-5,8,15H2,1-2H3. The number of carbonyl (C=O) groups is 1. The Morgan fingerprint density at radius 1 is 1.68 bits per heavy atom. The van der Waals surface area contributed by atoms with Crippen molar-refractivity contribution in [3.05, 3.63) is 23.0 Å². The van der Waals surface area contributed by atoms with Gasteiger partial charge in [0.1, 0.15) is 5.15 Å². The van der Waals surface area contributed by atoms with Crippen LogP contribution in [-0.4, -0.2) is 53.9 Å². The fourth-order valence-electron chi connectivity index (χ4n) is 2.44. The summed E-state index contributed by atoms with van der Waals surface area (Å²) in [5.74, 6) is -0.109. The molecule has 0 aromatic carbocycles. The van der Waals surface area contributed by atoms with Crippen LogP contribution in [0.5, 0.6) is 0 Å². The number of nitrogens with two attached hydrogens (primary N) is 1. The minimum atomic E-state index is -0.109. The van der Waals surface area contributed by atoms with Crippen molar-refractivity contribution in [1.29, 1.82) is 0 Å². The molecule has 1 saturated heterocycles. The fourth-order valence-corrected chi connectivity index (χ4v) is 2.60. The topological polar surface area (TPSA) is 62.5 Å². The molecule has 1 aliphatic rings. The zero-order valence-corrected chi connectivity index (χ0v) is 12.0. The number of nitrogens with zero attached hydrogens (tertiary/aromatic N) is 3. The van der Waals surface area contributed by atoms with Crippen molar-refractivity contribution in [3.63, 3.8) is 0 Å². The van der Waals surface area contributed by atoms with Gasteiger partial charge in [0.2, 0.25) is 0 Å². The number of carbonyl (C=O) groups excluding carboxylic acids is 1. The molecule has 0 bridgehead atoms. The van der Waals surface area contributed by atoms with E-state index in [1.165, 1.54) is 18.7 Å². The number of hydrogen-bond donors (Lipinski definition) is 1. The van der Waals surface area contributed by atoms with E-state index in [-0.39, 0.29) is 11.1 Å². The summed E-state index contributed by atoms with van der Waals surface area (Å²) in [6, 6.07) is 1.95. The summed E-state index contributed by atoms with van der Waals surface area (Å²) < 4.78 is 0. The molecule has 0 radical (unpaired) electrons. The van der Waals surface area contributed by atoms with Crippen LogP contribution in [0.1, 0.15) is 23.2 Å². The molecule has 6 heteroatoms. The number of anilines is 1. The second-order valence-electron chi connectivity index (χ2n) is 5.06. The van der Waals surface area contributed by atoms with Crippen molar-refractivity contribution in [2.45, 2.75) is 18.9 Å². The van der Waals surface area contributed by atoms with Gasteiger partial charge in [-0.15, -0.1) is 0 Å². The van der Waals surface area contributed by atoms with E-state index in [9.17, 15) is 4.79 Å². The van der Waals surface area contributed by atoms with Gasteiger partial charge in [-0.1, -0.05) is 11.6 Å². The molecule has 2 N–H and O–H groups in total. The molecule has 1 aromatic heterocycles. The molecular formula is C13H19ClN4O. The van der Waals surface area contributed by atoms with Gasteiger partial charge < -0.3 is 15.5 Å². The number of amides is 1. The van der Waals surface area contributed by atoms with E-state index >= 15 is 0 Å². The maximum atomic E-state index is 12.4. The number of likely N-dealkylation sites (N-methyl/N-ethyl adjacent to an activating group) is 2. The molecule has 0 saturated carbocycles. The van der Waals surface area contributed by atoms with Crippen LogP contribution in [0.15, 0.2) is 12.3 Å². The quantitative estimate of drug-likeness (QED) is 0.853. The first-order valence-electron chi connectivity index (χ1n) is 6.35. The van der Waals surface area contributed by atoms with Gasteiger partial charge >= 0.3 is 0 Å². The molecule has 2 rings (SSSR count). The molecule has 1 aliphatic heterocycles. The average molecular weight is 283 g/mol. The SMILES string of the molecule is CN(CC1CCCN1C)C(=O)c1cc(Cl)ncc1N. The lowest BCUT2D eigenvalue weighted by Crippen LogP contribution is -2.39. The maximum absolute atomic E-state index is 12.4. The average Bonchev–Trinajstić information content (AvgIpc) is 2.77. The molecule has 0 aliphatic carbocycles. The van der Waals surface area contributed by atoms with Crippen molar-refractivity contribution in [3.8, 4) is 0 Å². The molecule has 1 fully saturated rings. The Kier molecular flexibility index (Phi) is 4.27. The van der Waals surface area contributed by atoms with E-state index in [4.69, 9.17) is 17.3 Å². The first kappa shape index (κ1) is 14.1. The van der Waals surface area contributed by atoms with Gasteiger partial charge in [0.25, 0.3) is 5.91 Å². The van der Waals surface area contributed by atoms with Gasteiger partial charge in [-0.25, -0.2) is 4.98 Å². The number of aromatic nitrogens is 1. The van der Waals surface area contributed by atoms with Crippen molar-refractivity contribution in [2.24, 2.45) is 0 Å². The van der Waals surface area contributed by atoms with Crippen molar-refractivity contribution < 1.29 is 4.79 Å². The largest absolute Gasteiger partial charge is 0.397 e. The fraction of sp³-hybridized carbons (Fsp3) is 0.538. The number of pyridine rings is 1. The van der Waals surface area contributed by atoms with E-state index in [2.05, 4.69) is 16.9 Å². The number of rotatable bonds is 3. The highest BCUT2D eigenvalue weighted by atomic mass is 35.5. The molecule has 2 heterocycles. The van der Waals surface area contributed by atoms with Crippen molar-refractivity contribution >= 4 is 23.2 Å². The van der Waals surface area contributed by atoms with Crippen LogP contribution in [0.2, 0.25) is 5.15 Å².